The number of amides is 1. The van der Waals surface area contributed by atoms with Crippen molar-refractivity contribution in [2.75, 3.05) is 26.9 Å². The molecule has 2 N–H and O–H groups in total. The molecule has 264 valence electrons. The minimum atomic E-state index is -1.62. The lowest BCUT2D eigenvalue weighted by atomic mass is 9.98. The van der Waals surface area contributed by atoms with Gasteiger partial charge in [0, 0.05) is 13.5 Å². The van der Waals surface area contributed by atoms with Crippen LogP contribution in [-0.4, -0.2) is 109 Å². The van der Waals surface area contributed by atoms with Gasteiger partial charge in [0.25, 0.3) is 0 Å². The molecule has 0 aliphatic heterocycles. The molecule has 0 heterocycles. The van der Waals surface area contributed by atoms with Gasteiger partial charge in [-0.3, -0.25) is 19.2 Å². The Bertz CT molecular complexity index is 1210. The van der Waals surface area contributed by atoms with E-state index < -0.39 is 77.0 Å². The van der Waals surface area contributed by atoms with Crippen LogP contribution in [-0.2, 0) is 63.6 Å². The monoisotopic (exact) mass is 667 g/mol. The second-order valence-electron chi connectivity index (χ2n) is 11.9. The highest BCUT2D eigenvalue weighted by atomic mass is 16.6. The summed E-state index contributed by atoms with van der Waals surface area (Å²) in [4.78, 5) is 76.0. The first-order valence-electron chi connectivity index (χ1n) is 15.3. The van der Waals surface area contributed by atoms with Gasteiger partial charge in [0.05, 0.1) is 13.0 Å². The van der Waals surface area contributed by atoms with Crippen LogP contribution in [0.1, 0.15) is 67.4 Å². The number of aliphatic hydroxyl groups is 1. The van der Waals surface area contributed by atoms with E-state index in [1.807, 2.05) is 0 Å². The van der Waals surface area contributed by atoms with Gasteiger partial charge in [0.2, 0.25) is 11.7 Å². The topological polar surface area (TPSA) is 190 Å². The SMILES string of the molecule is COCCOC(=O)CCOC(=O)C(Cc1ccccc1)NC(=O)C(C)OC(C)(C)C(=O)C(C)OC(=O)C(C)OC(C)(C)C(=O)C(C)O. The zero-order valence-electron chi connectivity index (χ0n) is 28.7. The third-order valence-corrected chi connectivity index (χ3v) is 6.86. The van der Waals surface area contributed by atoms with Gasteiger partial charge in [0.1, 0.15) is 42.7 Å². The number of methoxy groups -OCH3 is 1. The van der Waals surface area contributed by atoms with Crippen LogP contribution in [0.5, 0.6) is 0 Å². The first-order chi connectivity index (χ1) is 21.8. The standard InChI is InChI=1S/C33H49NO13/c1-20(35)27(37)32(5,6)47-23(4)30(40)45-21(2)28(38)33(7,8)46-22(3)29(39)34-25(19-24-13-11-10-12-14-24)31(41)44-16-15-26(36)43-18-17-42-9/h10-14,20-23,25,35H,15-19H2,1-9H3,(H,34,39). The summed E-state index contributed by atoms with van der Waals surface area (Å²) in [5, 5.41) is 12.2. The van der Waals surface area contributed by atoms with E-state index in [1.54, 1.807) is 30.3 Å². The Morgan fingerprint density at radius 2 is 1.32 bits per heavy atom. The van der Waals surface area contributed by atoms with Crippen LogP contribution in [0.2, 0.25) is 0 Å². The van der Waals surface area contributed by atoms with Crippen molar-refractivity contribution >= 4 is 35.4 Å². The van der Waals surface area contributed by atoms with E-state index in [0.717, 1.165) is 5.56 Å². The second-order valence-corrected chi connectivity index (χ2v) is 11.9. The molecule has 47 heavy (non-hydrogen) atoms. The van der Waals surface area contributed by atoms with Crippen LogP contribution >= 0.6 is 0 Å². The van der Waals surface area contributed by atoms with Gasteiger partial charge in [-0.05, 0) is 61.0 Å². The smallest absolute Gasteiger partial charge is 0.335 e. The van der Waals surface area contributed by atoms with Crippen LogP contribution in [0.15, 0.2) is 30.3 Å². The number of hydrogen-bond acceptors (Lipinski definition) is 13. The molecule has 0 saturated carbocycles. The molecular weight excluding hydrogens is 618 g/mol. The Balaban J connectivity index is 2.85. The number of rotatable bonds is 21. The molecule has 1 rings (SSSR count). The van der Waals surface area contributed by atoms with Crippen molar-refractivity contribution in [3.8, 4) is 0 Å². The second kappa shape index (κ2) is 19.2. The molecule has 0 bridgehead atoms. The number of carbonyl (C=O) groups excluding carboxylic acids is 6. The molecule has 1 amide bonds. The average Bonchev–Trinajstić information content (AvgIpc) is 2.99. The lowest BCUT2D eigenvalue weighted by Crippen LogP contribution is -2.51. The highest BCUT2D eigenvalue weighted by Gasteiger charge is 2.40. The van der Waals surface area contributed by atoms with E-state index in [1.165, 1.54) is 62.5 Å². The number of nitrogens with one attached hydrogen (secondary N) is 1. The highest BCUT2D eigenvalue weighted by Crippen LogP contribution is 2.20. The number of ketones is 2. The van der Waals surface area contributed by atoms with Gasteiger partial charge in [-0.1, -0.05) is 30.3 Å². The summed E-state index contributed by atoms with van der Waals surface area (Å²) < 4.78 is 31.5. The van der Waals surface area contributed by atoms with Crippen molar-refractivity contribution in [3.05, 3.63) is 35.9 Å². The minimum absolute atomic E-state index is 0.0623. The van der Waals surface area contributed by atoms with E-state index in [2.05, 4.69) is 5.32 Å². The van der Waals surface area contributed by atoms with Crippen LogP contribution < -0.4 is 5.32 Å². The molecule has 5 unspecified atom stereocenters. The normalized spacial score (nSPS) is 14.9. The molecule has 14 nitrogen and oxygen atoms in total. The highest BCUT2D eigenvalue weighted by molar-refractivity contribution is 5.93. The summed E-state index contributed by atoms with van der Waals surface area (Å²) in [6.45, 7) is 11.0. The van der Waals surface area contributed by atoms with Crippen LogP contribution in [0, 0.1) is 0 Å². The Labute approximate surface area is 275 Å². The van der Waals surface area contributed by atoms with Crippen molar-refractivity contribution in [2.24, 2.45) is 0 Å². The van der Waals surface area contributed by atoms with Crippen LogP contribution in [0.25, 0.3) is 0 Å². The number of ether oxygens (including phenoxy) is 6. The third-order valence-electron chi connectivity index (χ3n) is 6.86. The van der Waals surface area contributed by atoms with Gasteiger partial charge in [-0.15, -0.1) is 0 Å². The predicted octanol–water partition coefficient (Wildman–Crippen LogP) is 1.65. The molecule has 14 heteroatoms. The molecule has 0 aromatic heterocycles. The van der Waals surface area contributed by atoms with E-state index in [4.69, 9.17) is 28.4 Å². The molecular formula is C33H49NO13. The molecule has 0 fully saturated rings. The van der Waals surface area contributed by atoms with Gasteiger partial charge in [-0.2, -0.15) is 0 Å². The molecule has 0 radical (unpaired) electrons. The van der Waals surface area contributed by atoms with Gasteiger partial charge >= 0.3 is 17.9 Å². The van der Waals surface area contributed by atoms with Crippen molar-refractivity contribution in [1.82, 2.24) is 5.32 Å². The maximum Gasteiger partial charge on any atom is 0.335 e. The fourth-order valence-electron chi connectivity index (χ4n) is 4.40. The summed E-state index contributed by atoms with van der Waals surface area (Å²) in [6.07, 6.45) is -5.25. The third kappa shape index (κ3) is 14.3. The van der Waals surface area contributed by atoms with Gasteiger partial charge in [-0.25, -0.2) is 9.59 Å². The zero-order valence-corrected chi connectivity index (χ0v) is 28.7. The fourth-order valence-corrected chi connectivity index (χ4v) is 4.40. The van der Waals surface area contributed by atoms with Crippen LogP contribution in [0.3, 0.4) is 0 Å². The van der Waals surface area contributed by atoms with Gasteiger partial charge in [0.15, 0.2) is 18.0 Å². The van der Waals surface area contributed by atoms with E-state index in [9.17, 15) is 33.9 Å². The summed E-state index contributed by atoms with van der Waals surface area (Å²) in [6, 6.07) is 7.72. The summed E-state index contributed by atoms with van der Waals surface area (Å²) in [7, 11) is 1.46. The van der Waals surface area contributed by atoms with Crippen molar-refractivity contribution in [1.29, 1.82) is 0 Å². The first kappa shape index (κ1) is 41.3. The Kier molecular flexibility index (Phi) is 16.9. The maximum absolute atomic E-state index is 13.2. The number of aliphatic hydroxyl groups excluding tert-OH is 1. The minimum Gasteiger partial charge on any atom is -0.464 e. The van der Waals surface area contributed by atoms with Gasteiger partial charge < -0.3 is 38.8 Å². The number of benzene rings is 1. The Morgan fingerprint density at radius 3 is 1.89 bits per heavy atom. The van der Waals surface area contributed by atoms with E-state index >= 15 is 0 Å². The lowest BCUT2D eigenvalue weighted by molar-refractivity contribution is -0.182. The molecule has 5 atom stereocenters. The number of hydrogen-bond donors (Lipinski definition) is 2. The van der Waals surface area contributed by atoms with Crippen molar-refractivity contribution in [2.45, 2.75) is 110 Å². The number of carbonyl (C=O) groups is 6. The molecule has 0 aliphatic rings. The van der Waals surface area contributed by atoms with Crippen molar-refractivity contribution in [3.63, 3.8) is 0 Å². The zero-order chi connectivity index (χ0) is 35.9. The number of Topliss-reactive ketones (excluding diaryl/α,β-unsaturated/α-hetero) is 2. The summed E-state index contributed by atoms with van der Waals surface area (Å²) >= 11 is 0. The molecule has 1 aromatic rings. The maximum atomic E-state index is 13.2. The average molecular weight is 668 g/mol. The molecule has 0 spiro atoms. The summed E-state index contributed by atoms with van der Waals surface area (Å²) in [5.41, 5.74) is -2.39. The predicted molar refractivity (Wildman–Crippen MR) is 167 cm³/mol. The molecule has 0 aliphatic carbocycles. The Hall–Kier alpha value is -3.72. The number of esters is 3. The molecule has 0 saturated heterocycles. The Morgan fingerprint density at radius 1 is 0.745 bits per heavy atom. The fraction of sp³-hybridized carbons (Fsp3) is 0.636. The van der Waals surface area contributed by atoms with Crippen molar-refractivity contribution < 1.29 is 62.3 Å². The summed E-state index contributed by atoms with van der Waals surface area (Å²) in [5.74, 6) is -4.33. The first-order valence-corrected chi connectivity index (χ1v) is 15.3. The van der Waals surface area contributed by atoms with Crippen LogP contribution in [0.4, 0.5) is 0 Å². The quantitative estimate of drug-likeness (QED) is 0.109. The molecule has 1 aromatic carbocycles. The van der Waals surface area contributed by atoms with E-state index in [0.29, 0.717) is 0 Å². The van der Waals surface area contributed by atoms with E-state index in [-0.39, 0.29) is 32.7 Å². The largest absolute Gasteiger partial charge is 0.464 e. The lowest BCUT2D eigenvalue weighted by Gasteiger charge is -2.31.